The number of alkyl halides is 9. The fourth-order valence-electron chi connectivity index (χ4n) is 3.28. The van der Waals surface area contributed by atoms with Crippen LogP contribution in [0.1, 0.15) is 54.0 Å². The molecule has 1 heterocycles. The molecule has 0 unspecified atom stereocenters. The highest BCUT2D eigenvalue weighted by molar-refractivity contribution is 5.62. The molecule has 3 nitrogen and oxygen atoms in total. The summed E-state index contributed by atoms with van der Waals surface area (Å²) >= 11 is 0. The number of likely N-dealkylation sites (tertiary alicyclic amines) is 1. The maximum absolute atomic E-state index is 12.9. The van der Waals surface area contributed by atoms with Crippen LogP contribution >= 0.6 is 0 Å². The molecule has 3 rings (SSSR count). The number of nitrogens with zero attached hydrogens (tertiary/aromatic N) is 1. The lowest BCUT2D eigenvalue weighted by atomic mass is 10.0. The van der Waals surface area contributed by atoms with Crippen molar-refractivity contribution in [1.82, 2.24) is 4.90 Å². The number of carbonyl (C=O) groups is 1. The SMILES string of the molecule is CC(=O)O.Cc1ccc(C(F)(F)F)cc1.FC(F)(F)c1ccc(C(F)(F)F)c(CN2CCCCC2)c1. The van der Waals surface area contributed by atoms with Gasteiger partial charge in [-0.05, 0) is 68.8 Å². The number of carboxylic acids is 1. The van der Waals surface area contributed by atoms with Gasteiger partial charge in [0.05, 0.1) is 16.7 Å². The predicted molar refractivity (Wildman–Crippen MR) is 115 cm³/mol. The first-order valence-corrected chi connectivity index (χ1v) is 10.7. The second-order valence-electron chi connectivity index (χ2n) is 8.09. The molecule has 1 aliphatic rings. The molecule has 0 bridgehead atoms. The van der Waals surface area contributed by atoms with Crippen LogP contribution in [-0.4, -0.2) is 29.1 Å². The molecule has 1 N–H and O–H groups in total. The van der Waals surface area contributed by atoms with Crippen LogP contribution in [0.4, 0.5) is 39.5 Å². The normalized spacial score (nSPS) is 14.8. The van der Waals surface area contributed by atoms with E-state index < -0.39 is 41.2 Å². The molecular weight excluding hydrogens is 505 g/mol. The minimum absolute atomic E-state index is 0.0984. The molecule has 12 heteroatoms. The maximum atomic E-state index is 12.9. The van der Waals surface area contributed by atoms with E-state index in [1.807, 2.05) is 0 Å². The lowest BCUT2D eigenvalue weighted by Crippen LogP contribution is -2.30. The van der Waals surface area contributed by atoms with E-state index in [0.717, 1.165) is 43.9 Å². The summed E-state index contributed by atoms with van der Waals surface area (Å²) in [6, 6.07) is 6.69. The number of aliphatic carboxylic acids is 1. The van der Waals surface area contributed by atoms with E-state index in [9.17, 15) is 39.5 Å². The van der Waals surface area contributed by atoms with Crippen molar-refractivity contribution in [2.45, 2.75) is 58.2 Å². The van der Waals surface area contributed by atoms with Crippen LogP contribution in [0.25, 0.3) is 0 Å². The van der Waals surface area contributed by atoms with Crippen LogP contribution in [0.15, 0.2) is 42.5 Å². The fourth-order valence-corrected chi connectivity index (χ4v) is 3.28. The van der Waals surface area contributed by atoms with E-state index in [4.69, 9.17) is 9.90 Å². The zero-order valence-corrected chi connectivity index (χ0v) is 19.5. The molecule has 0 aromatic heterocycles. The monoisotopic (exact) mass is 531 g/mol. The average molecular weight is 531 g/mol. The van der Waals surface area contributed by atoms with Crippen molar-refractivity contribution in [3.05, 3.63) is 70.3 Å². The van der Waals surface area contributed by atoms with Gasteiger partial charge in [0.15, 0.2) is 0 Å². The van der Waals surface area contributed by atoms with E-state index in [1.165, 1.54) is 12.1 Å². The van der Waals surface area contributed by atoms with Crippen LogP contribution in [0.3, 0.4) is 0 Å². The minimum Gasteiger partial charge on any atom is -0.481 e. The molecule has 0 atom stereocenters. The van der Waals surface area contributed by atoms with Crippen molar-refractivity contribution in [2.24, 2.45) is 0 Å². The third kappa shape index (κ3) is 11.3. The number of aryl methyl sites for hydroxylation is 1. The Morgan fingerprint density at radius 3 is 1.64 bits per heavy atom. The molecule has 1 aliphatic heterocycles. The summed E-state index contributed by atoms with van der Waals surface area (Å²) in [5.74, 6) is -0.833. The quantitative estimate of drug-likeness (QED) is 0.402. The average Bonchev–Trinajstić information content (AvgIpc) is 2.73. The Morgan fingerprint density at radius 1 is 0.778 bits per heavy atom. The maximum Gasteiger partial charge on any atom is 0.416 e. The van der Waals surface area contributed by atoms with Crippen LogP contribution in [0.2, 0.25) is 0 Å². The summed E-state index contributed by atoms with van der Waals surface area (Å²) in [7, 11) is 0. The Kier molecular flexibility index (Phi) is 11.3. The molecule has 0 saturated carbocycles. The van der Waals surface area contributed by atoms with Crippen molar-refractivity contribution >= 4 is 5.97 Å². The van der Waals surface area contributed by atoms with E-state index in [0.29, 0.717) is 31.3 Å². The van der Waals surface area contributed by atoms with Crippen LogP contribution in [0, 0.1) is 6.92 Å². The summed E-state index contributed by atoms with van der Waals surface area (Å²) in [5, 5.41) is 7.42. The number of hydrogen-bond donors (Lipinski definition) is 1. The Balaban J connectivity index is 0.000000360. The van der Waals surface area contributed by atoms with E-state index in [2.05, 4.69) is 0 Å². The van der Waals surface area contributed by atoms with Crippen molar-refractivity contribution in [3.8, 4) is 0 Å². The van der Waals surface area contributed by atoms with Gasteiger partial charge in [-0.1, -0.05) is 24.1 Å². The Bertz CT molecular complexity index is 956. The third-order valence-electron chi connectivity index (χ3n) is 4.96. The zero-order valence-electron chi connectivity index (χ0n) is 19.5. The summed E-state index contributed by atoms with van der Waals surface area (Å²) in [6.45, 7) is 3.97. The third-order valence-corrected chi connectivity index (χ3v) is 4.96. The highest BCUT2D eigenvalue weighted by atomic mass is 19.4. The number of halogens is 9. The smallest absolute Gasteiger partial charge is 0.416 e. The van der Waals surface area contributed by atoms with Gasteiger partial charge in [0.2, 0.25) is 0 Å². The molecule has 202 valence electrons. The first-order valence-electron chi connectivity index (χ1n) is 10.7. The Labute approximate surface area is 202 Å². The van der Waals surface area contributed by atoms with Crippen molar-refractivity contribution < 1.29 is 49.4 Å². The van der Waals surface area contributed by atoms with Crippen molar-refractivity contribution in [2.75, 3.05) is 13.1 Å². The summed E-state index contributed by atoms with van der Waals surface area (Å²) in [4.78, 5) is 10.8. The van der Waals surface area contributed by atoms with Gasteiger partial charge < -0.3 is 5.11 Å². The number of piperidine rings is 1. The molecule has 2 aromatic rings. The van der Waals surface area contributed by atoms with Gasteiger partial charge in [0.1, 0.15) is 0 Å². The molecule has 0 spiro atoms. The Morgan fingerprint density at radius 2 is 1.22 bits per heavy atom. The predicted octanol–water partition coefficient (Wildman–Crippen LogP) is 7.81. The standard InChI is InChI=1S/C14H15F6N.C8H7F3.C2H4O2/c15-13(16,17)11-4-5-12(14(18,19)20)10(8-11)9-21-6-2-1-3-7-21;1-6-2-4-7(5-3-6)8(9,10)11;1-2(3)4/h4-5,8H,1-3,6-7,9H2;2-5H,1H3;1H3,(H,3,4). The summed E-state index contributed by atoms with van der Waals surface area (Å²) < 4.78 is 113. The van der Waals surface area contributed by atoms with Gasteiger partial charge in [-0.25, -0.2) is 0 Å². The van der Waals surface area contributed by atoms with Gasteiger partial charge in [-0.15, -0.1) is 0 Å². The highest BCUT2D eigenvalue weighted by Gasteiger charge is 2.37. The second-order valence-corrected chi connectivity index (χ2v) is 8.09. The first-order chi connectivity index (χ1) is 16.4. The molecule has 0 aliphatic carbocycles. The van der Waals surface area contributed by atoms with Crippen LogP contribution in [0.5, 0.6) is 0 Å². The lowest BCUT2D eigenvalue weighted by molar-refractivity contribution is -0.142. The minimum atomic E-state index is -4.64. The van der Waals surface area contributed by atoms with Gasteiger partial charge in [-0.2, -0.15) is 39.5 Å². The number of rotatable bonds is 2. The Hall–Kier alpha value is -2.76. The largest absolute Gasteiger partial charge is 0.481 e. The fraction of sp³-hybridized carbons (Fsp3) is 0.458. The molecule has 2 aromatic carbocycles. The molecule has 0 radical (unpaired) electrons. The number of hydrogen-bond acceptors (Lipinski definition) is 2. The van der Waals surface area contributed by atoms with Crippen molar-refractivity contribution in [3.63, 3.8) is 0 Å². The van der Waals surface area contributed by atoms with Gasteiger partial charge >= 0.3 is 18.5 Å². The van der Waals surface area contributed by atoms with Gasteiger partial charge in [0.25, 0.3) is 5.97 Å². The molecular formula is C24H26F9NO2. The van der Waals surface area contributed by atoms with E-state index >= 15 is 0 Å². The van der Waals surface area contributed by atoms with E-state index in [1.54, 1.807) is 11.8 Å². The summed E-state index contributed by atoms with van der Waals surface area (Å²) in [5.41, 5.74) is -2.09. The molecule has 1 saturated heterocycles. The van der Waals surface area contributed by atoms with Gasteiger partial charge in [0, 0.05) is 13.5 Å². The molecule has 0 amide bonds. The zero-order chi connectivity index (χ0) is 27.7. The summed E-state index contributed by atoms with van der Waals surface area (Å²) in [6.07, 6.45) is -10.8. The lowest BCUT2D eigenvalue weighted by Gasteiger charge is -2.28. The van der Waals surface area contributed by atoms with Crippen LogP contribution < -0.4 is 0 Å². The number of benzene rings is 2. The molecule has 36 heavy (non-hydrogen) atoms. The van der Waals surface area contributed by atoms with Crippen molar-refractivity contribution in [1.29, 1.82) is 0 Å². The first kappa shape index (κ1) is 31.3. The van der Waals surface area contributed by atoms with E-state index in [-0.39, 0.29) is 12.1 Å². The highest BCUT2D eigenvalue weighted by Crippen LogP contribution is 2.37. The molecule has 1 fully saturated rings. The van der Waals surface area contributed by atoms with Gasteiger partial charge in [-0.3, -0.25) is 9.69 Å². The number of carboxylic acid groups (broad SMARTS) is 1. The van der Waals surface area contributed by atoms with Crippen LogP contribution in [-0.2, 0) is 29.9 Å². The second kappa shape index (κ2) is 13.0. The topological polar surface area (TPSA) is 40.5 Å².